The Hall–Kier alpha value is -1.79. The number of hydrogen-bond donors (Lipinski definition) is 1. The Morgan fingerprint density at radius 3 is 2.63 bits per heavy atom. The van der Waals surface area contributed by atoms with Crippen molar-refractivity contribution >= 4 is 11.9 Å². The molecule has 0 aromatic rings. The first-order chi connectivity index (χ1) is 8.88. The molecule has 1 heterocycles. The van der Waals surface area contributed by atoms with Crippen LogP contribution in [-0.4, -0.2) is 60.5 Å². The van der Waals surface area contributed by atoms with Crippen molar-refractivity contribution in [3.8, 4) is 0 Å². The highest BCUT2D eigenvalue weighted by atomic mass is 16.2. The summed E-state index contributed by atoms with van der Waals surface area (Å²) in [6, 6.07) is -0.327. The topological polar surface area (TPSA) is 101 Å². The lowest BCUT2D eigenvalue weighted by Crippen LogP contribution is -2.40. The molecule has 3 amide bonds. The Kier molecular flexibility index (Phi) is 5.14. The van der Waals surface area contributed by atoms with Crippen LogP contribution in [-0.2, 0) is 4.79 Å². The number of amides is 3. The number of hydrogen-bond acceptors (Lipinski definition) is 4. The van der Waals surface area contributed by atoms with Crippen LogP contribution in [0.2, 0.25) is 0 Å². The molecule has 0 radical (unpaired) electrons. The monoisotopic (exact) mass is 268 g/mol. The van der Waals surface area contributed by atoms with Gasteiger partial charge in [0, 0.05) is 24.5 Å². The van der Waals surface area contributed by atoms with Crippen LogP contribution in [0.25, 0.3) is 10.4 Å². The summed E-state index contributed by atoms with van der Waals surface area (Å²) in [6.07, 6.45) is 0.696. The van der Waals surface area contributed by atoms with Crippen molar-refractivity contribution in [1.29, 1.82) is 0 Å². The van der Waals surface area contributed by atoms with Crippen LogP contribution in [0.5, 0.6) is 0 Å². The molecule has 1 rings (SSSR count). The first kappa shape index (κ1) is 15.3. The molecule has 0 unspecified atom stereocenters. The highest BCUT2D eigenvalue weighted by molar-refractivity contribution is 6.06. The van der Waals surface area contributed by atoms with Gasteiger partial charge in [-0.1, -0.05) is 5.11 Å². The lowest BCUT2D eigenvalue weighted by molar-refractivity contribution is -0.130. The van der Waals surface area contributed by atoms with E-state index in [2.05, 4.69) is 15.3 Å². The van der Waals surface area contributed by atoms with E-state index in [0.29, 0.717) is 26.1 Å². The molecule has 0 aliphatic carbocycles. The molecule has 8 nitrogen and oxygen atoms in total. The lowest BCUT2D eigenvalue weighted by atomic mass is 10.1. The minimum absolute atomic E-state index is 0.186. The molecule has 0 bridgehead atoms. The fourth-order valence-electron chi connectivity index (χ4n) is 1.89. The van der Waals surface area contributed by atoms with E-state index in [1.807, 2.05) is 11.9 Å². The molecule has 1 saturated heterocycles. The van der Waals surface area contributed by atoms with E-state index >= 15 is 0 Å². The van der Waals surface area contributed by atoms with Gasteiger partial charge in [0.2, 0.25) is 0 Å². The fourth-order valence-corrected chi connectivity index (χ4v) is 1.89. The second-order valence-electron chi connectivity index (χ2n) is 5.12. The zero-order valence-corrected chi connectivity index (χ0v) is 11.6. The van der Waals surface area contributed by atoms with Crippen LogP contribution >= 0.6 is 0 Å². The molecule has 1 aliphatic rings. The summed E-state index contributed by atoms with van der Waals surface area (Å²) < 4.78 is 0. The van der Waals surface area contributed by atoms with E-state index < -0.39 is 5.54 Å². The number of nitrogens with one attached hydrogen (secondary N) is 1. The average molecular weight is 268 g/mol. The summed E-state index contributed by atoms with van der Waals surface area (Å²) >= 11 is 0. The maximum Gasteiger partial charge on any atom is 0.325 e. The van der Waals surface area contributed by atoms with E-state index in [0.717, 1.165) is 6.54 Å². The van der Waals surface area contributed by atoms with E-state index in [-0.39, 0.29) is 11.9 Å². The van der Waals surface area contributed by atoms with Crippen molar-refractivity contribution in [1.82, 2.24) is 15.1 Å². The van der Waals surface area contributed by atoms with Crippen molar-refractivity contribution in [2.24, 2.45) is 5.11 Å². The minimum Gasteiger partial charge on any atom is -0.324 e. The van der Waals surface area contributed by atoms with Gasteiger partial charge in [-0.25, -0.2) is 4.79 Å². The molecule has 0 atom stereocenters. The molecule has 106 valence electrons. The van der Waals surface area contributed by atoms with Gasteiger partial charge in [0.1, 0.15) is 5.54 Å². The Morgan fingerprint density at radius 2 is 2.11 bits per heavy atom. The number of nitrogens with zero attached hydrogens (tertiary/aromatic N) is 5. The van der Waals surface area contributed by atoms with Gasteiger partial charge in [-0.2, -0.15) is 0 Å². The number of carbonyl (C=O) groups excluding carboxylic acids is 2. The first-order valence-corrected chi connectivity index (χ1v) is 6.22. The number of azide groups is 1. The Bertz CT molecular complexity index is 402. The molecule has 0 spiro atoms. The summed E-state index contributed by atoms with van der Waals surface area (Å²) in [5.74, 6) is -0.186. The van der Waals surface area contributed by atoms with E-state index in [9.17, 15) is 9.59 Å². The second-order valence-corrected chi connectivity index (χ2v) is 5.12. The summed E-state index contributed by atoms with van der Waals surface area (Å²) in [7, 11) is 1.91. The van der Waals surface area contributed by atoms with Crippen molar-refractivity contribution in [3.05, 3.63) is 10.4 Å². The zero-order valence-electron chi connectivity index (χ0n) is 11.6. The van der Waals surface area contributed by atoms with Crippen LogP contribution in [0, 0.1) is 0 Å². The van der Waals surface area contributed by atoms with E-state index in [1.54, 1.807) is 13.8 Å². The highest BCUT2D eigenvalue weighted by Crippen LogP contribution is 2.16. The molecule has 1 aliphatic heterocycles. The van der Waals surface area contributed by atoms with Crippen LogP contribution < -0.4 is 5.32 Å². The van der Waals surface area contributed by atoms with Gasteiger partial charge in [-0.15, -0.1) is 0 Å². The first-order valence-electron chi connectivity index (χ1n) is 6.22. The van der Waals surface area contributed by atoms with Crippen LogP contribution in [0.4, 0.5) is 4.79 Å². The Labute approximate surface area is 112 Å². The summed E-state index contributed by atoms with van der Waals surface area (Å²) in [4.78, 5) is 29.4. The quantitative estimate of drug-likeness (QED) is 0.322. The SMILES string of the molecule is CN(CCCN1C(=O)NC(C)(C)C1=O)CCN=[N+]=[N-]. The molecular weight excluding hydrogens is 248 g/mol. The van der Waals surface area contributed by atoms with Crippen LogP contribution in [0.15, 0.2) is 5.11 Å². The van der Waals surface area contributed by atoms with E-state index in [4.69, 9.17) is 5.53 Å². The van der Waals surface area contributed by atoms with Gasteiger partial charge >= 0.3 is 6.03 Å². The zero-order chi connectivity index (χ0) is 14.5. The van der Waals surface area contributed by atoms with Gasteiger partial charge < -0.3 is 10.2 Å². The third-order valence-electron chi connectivity index (χ3n) is 3.01. The number of imide groups is 1. The smallest absolute Gasteiger partial charge is 0.324 e. The van der Waals surface area contributed by atoms with Gasteiger partial charge in [-0.3, -0.25) is 9.69 Å². The molecule has 8 heteroatoms. The number of rotatable bonds is 7. The molecule has 1 fully saturated rings. The molecule has 1 N–H and O–H groups in total. The Morgan fingerprint density at radius 1 is 1.42 bits per heavy atom. The molecular formula is C11H20N6O2. The maximum absolute atomic E-state index is 11.9. The predicted octanol–water partition coefficient (Wildman–Crippen LogP) is 0.949. The number of likely N-dealkylation sites (N-methyl/N-ethyl adjacent to an activating group) is 1. The molecule has 0 aromatic carbocycles. The van der Waals surface area contributed by atoms with Crippen molar-refractivity contribution in [2.75, 3.05) is 33.2 Å². The second kappa shape index (κ2) is 6.40. The standard InChI is InChI=1S/C11H20N6O2/c1-11(2)9(18)17(10(19)14-11)7-4-6-16(3)8-5-13-15-12/h4-8H2,1-3H3,(H,14,19). The van der Waals surface area contributed by atoms with Crippen molar-refractivity contribution in [3.63, 3.8) is 0 Å². The number of urea groups is 1. The fraction of sp³-hybridized carbons (Fsp3) is 0.818. The third kappa shape index (κ3) is 4.11. The van der Waals surface area contributed by atoms with Crippen molar-refractivity contribution in [2.45, 2.75) is 25.8 Å². The predicted molar refractivity (Wildman–Crippen MR) is 70.5 cm³/mol. The molecule has 0 saturated carbocycles. The van der Waals surface area contributed by atoms with Gasteiger partial charge in [0.15, 0.2) is 0 Å². The van der Waals surface area contributed by atoms with Crippen LogP contribution in [0.1, 0.15) is 20.3 Å². The third-order valence-corrected chi connectivity index (χ3v) is 3.01. The Balaban J connectivity index is 2.31. The van der Waals surface area contributed by atoms with Crippen molar-refractivity contribution < 1.29 is 9.59 Å². The minimum atomic E-state index is -0.801. The summed E-state index contributed by atoms with van der Waals surface area (Å²) in [5, 5.41) is 6.09. The normalized spacial score (nSPS) is 17.6. The lowest BCUT2D eigenvalue weighted by Gasteiger charge is -2.18. The average Bonchev–Trinajstić information content (AvgIpc) is 2.51. The molecule has 0 aromatic heterocycles. The van der Waals surface area contributed by atoms with Crippen LogP contribution in [0.3, 0.4) is 0 Å². The largest absolute Gasteiger partial charge is 0.325 e. The van der Waals surface area contributed by atoms with E-state index in [1.165, 1.54) is 4.90 Å². The highest BCUT2D eigenvalue weighted by Gasteiger charge is 2.43. The molecule has 19 heavy (non-hydrogen) atoms. The number of carbonyl (C=O) groups is 2. The maximum atomic E-state index is 11.9. The summed E-state index contributed by atoms with van der Waals surface area (Å²) in [5.41, 5.74) is 7.36. The van der Waals surface area contributed by atoms with Gasteiger partial charge in [0.25, 0.3) is 5.91 Å². The summed E-state index contributed by atoms with van der Waals surface area (Å²) in [6.45, 7) is 5.61. The van der Waals surface area contributed by atoms with Gasteiger partial charge in [0.05, 0.1) is 0 Å². The van der Waals surface area contributed by atoms with Gasteiger partial charge in [-0.05, 0) is 39.4 Å².